The molecule has 0 radical (unpaired) electrons. The third-order valence-electron chi connectivity index (χ3n) is 4.03. The van der Waals surface area contributed by atoms with Crippen LogP contribution in [0.4, 0.5) is 5.69 Å². The summed E-state index contributed by atoms with van der Waals surface area (Å²) >= 11 is 4.40. The van der Waals surface area contributed by atoms with E-state index in [2.05, 4.69) is 32.6 Å². The number of aromatic nitrogens is 3. The number of hydrogen-bond acceptors (Lipinski definition) is 6. The van der Waals surface area contributed by atoms with E-state index in [1.807, 2.05) is 12.1 Å². The molecule has 3 heterocycles. The molecule has 2 aromatic heterocycles. The lowest BCUT2D eigenvalue weighted by atomic mass is 10.1. The van der Waals surface area contributed by atoms with Crippen LogP contribution in [0.1, 0.15) is 11.3 Å². The van der Waals surface area contributed by atoms with Gasteiger partial charge in [-0.25, -0.2) is 0 Å². The molecule has 26 heavy (non-hydrogen) atoms. The Morgan fingerprint density at radius 1 is 1.31 bits per heavy atom. The second kappa shape index (κ2) is 5.96. The van der Waals surface area contributed by atoms with Crippen molar-refractivity contribution in [3.63, 3.8) is 0 Å². The summed E-state index contributed by atoms with van der Waals surface area (Å²) in [4.78, 5) is 43.2. The highest BCUT2D eigenvalue weighted by Crippen LogP contribution is 2.37. The number of carbonyl (C=O) groups excluding carboxylic acids is 1. The lowest BCUT2D eigenvalue weighted by molar-refractivity contribution is -0.112. The molecular formula is C17H11BrN4O3S. The minimum Gasteiger partial charge on any atom is -0.304 e. The van der Waals surface area contributed by atoms with Gasteiger partial charge in [0.05, 0.1) is 11.3 Å². The monoisotopic (exact) mass is 430 g/mol. The molecule has 4 rings (SSSR count). The molecule has 3 aromatic rings. The molecule has 0 unspecified atom stereocenters. The summed E-state index contributed by atoms with van der Waals surface area (Å²) < 4.78 is 2.08. The fourth-order valence-corrected chi connectivity index (χ4v) is 4.23. The van der Waals surface area contributed by atoms with Crippen molar-refractivity contribution in [3.8, 4) is 0 Å². The lowest BCUT2D eigenvalue weighted by Crippen LogP contribution is -2.33. The third-order valence-corrected chi connectivity index (χ3v) is 5.56. The predicted molar refractivity (Wildman–Crippen MR) is 103 cm³/mol. The topological polar surface area (TPSA) is 84.6 Å². The maximum Gasteiger partial charge on any atom is 0.295 e. The van der Waals surface area contributed by atoms with Crippen molar-refractivity contribution < 1.29 is 4.79 Å². The Balaban J connectivity index is 2.14. The number of rotatable bonds is 2. The Kier molecular flexibility index (Phi) is 3.85. The van der Waals surface area contributed by atoms with Gasteiger partial charge in [0.25, 0.3) is 17.0 Å². The first-order valence-corrected chi connectivity index (χ1v) is 9.21. The van der Waals surface area contributed by atoms with E-state index in [1.54, 1.807) is 17.0 Å². The van der Waals surface area contributed by atoms with Crippen LogP contribution in [0.5, 0.6) is 0 Å². The Hall–Kier alpha value is -2.65. The molecule has 130 valence electrons. The summed E-state index contributed by atoms with van der Waals surface area (Å²) in [7, 11) is 0. The largest absolute Gasteiger partial charge is 0.304 e. The predicted octanol–water partition coefficient (Wildman–Crippen LogP) is 1.03. The molecular weight excluding hydrogens is 420 g/mol. The molecule has 0 spiro atoms. The maximum atomic E-state index is 13.0. The Bertz CT molecular complexity index is 1280. The average molecular weight is 431 g/mol. The molecule has 0 aliphatic carbocycles. The standard InChI is InChI=1S/C17H11BrN4O3S/c1-3-6-21-11-5-4-9(18)7-10(11)12(15(21)24)13-16(25)22-17(26-13)19-14(23)8(2)20-22/h3-5,7H,1,6H2,2H3. The van der Waals surface area contributed by atoms with Gasteiger partial charge in [-0.1, -0.05) is 33.3 Å². The van der Waals surface area contributed by atoms with Crippen molar-refractivity contribution in [1.29, 1.82) is 0 Å². The van der Waals surface area contributed by atoms with Gasteiger partial charge in [-0.05, 0) is 25.1 Å². The summed E-state index contributed by atoms with van der Waals surface area (Å²) in [5, 5.41) is 4.00. The van der Waals surface area contributed by atoms with Crippen LogP contribution in [0.15, 0.2) is 44.9 Å². The number of nitrogens with zero attached hydrogens (tertiary/aromatic N) is 4. The van der Waals surface area contributed by atoms with Crippen LogP contribution in [0.25, 0.3) is 10.5 Å². The molecule has 1 aliphatic heterocycles. The van der Waals surface area contributed by atoms with E-state index < -0.39 is 11.1 Å². The molecule has 0 bridgehead atoms. The van der Waals surface area contributed by atoms with Gasteiger partial charge in [0.15, 0.2) is 0 Å². The van der Waals surface area contributed by atoms with E-state index in [1.165, 1.54) is 6.92 Å². The second-order valence-electron chi connectivity index (χ2n) is 5.67. The number of carbonyl (C=O) groups is 1. The van der Waals surface area contributed by atoms with Gasteiger partial charge in [0, 0.05) is 16.6 Å². The average Bonchev–Trinajstić information content (AvgIpc) is 3.04. The van der Waals surface area contributed by atoms with E-state index in [4.69, 9.17) is 0 Å². The van der Waals surface area contributed by atoms with Crippen molar-refractivity contribution in [2.45, 2.75) is 6.92 Å². The number of amides is 1. The molecule has 1 aliphatic rings. The quantitative estimate of drug-likeness (QED) is 0.566. The first-order chi connectivity index (χ1) is 12.4. The van der Waals surface area contributed by atoms with Crippen molar-refractivity contribution in [2.24, 2.45) is 0 Å². The van der Waals surface area contributed by atoms with Crippen LogP contribution >= 0.6 is 27.3 Å². The highest BCUT2D eigenvalue weighted by Gasteiger charge is 2.33. The van der Waals surface area contributed by atoms with E-state index in [-0.39, 0.29) is 26.7 Å². The summed E-state index contributed by atoms with van der Waals surface area (Å²) in [6.07, 6.45) is 1.63. The minimum absolute atomic E-state index is 0.128. The molecule has 7 nitrogen and oxygen atoms in total. The first kappa shape index (κ1) is 16.8. The summed E-state index contributed by atoms with van der Waals surface area (Å²) in [6.45, 7) is 5.50. The van der Waals surface area contributed by atoms with Gasteiger partial charge in [-0.15, -0.1) is 6.58 Å². The number of anilines is 1. The van der Waals surface area contributed by atoms with E-state index in [0.717, 1.165) is 20.3 Å². The van der Waals surface area contributed by atoms with Gasteiger partial charge >= 0.3 is 0 Å². The van der Waals surface area contributed by atoms with Gasteiger partial charge in [0.1, 0.15) is 10.2 Å². The van der Waals surface area contributed by atoms with Gasteiger partial charge < -0.3 is 4.90 Å². The highest BCUT2D eigenvalue weighted by atomic mass is 79.9. The van der Waals surface area contributed by atoms with Crippen LogP contribution in [0, 0.1) is 6.92 Å². The number of benzene rings is 1. The second-order valence-corrected chi connectivity index (χ2v) is 7.57. The fourth-order valence-electron chi connectivity index (χ4n) is 2.87. The van der Waals surface area contributed by atoms with Crippen LogP contribution in [-0.4, -0.2) is 27.0 Å². The normalized spacial score (nSPS) is 15.6. The molecule has 0 saturated carbocycles. The first-order valence-electron chi connectivity index (χ1n) is 7.60. The molecule has 1 amide bonds. The smallest absolute Gasteiger partial charge is 0.295 e. The van der Waals surface area contributed by atoms with E-state index in [0.29, 0.717) is 17.8 Å². The summed E-state index contributed by atoms with van der Waals surface area (Å²) in [5.74, 6) is -0.290. The minimum atomic E-state index is -0.489. The molecule has 0 atom stereocenters. The molecule has 0 saturated heterocycles. The molecule has 0 fully saturated rings. The fraction of sp³-hybridized carbons (Fsp3) is 0.118. The van der Waals surface area contributed by atoms with Gasteiger partial charge in [-0.2, -0.15) is 14.6 Å². The number of fused-ring (bicyclic) bond motifs is 2. The number of thiazole rings is 1. The van der Waals surface area contributed by atoms with Gasteiger partial charge in [-0.3, -0.25) is 14.4 Å². The van der Waals surface area contributed by atoms with Crippen molar-refractivity contribution >= 4 is 49.4 Å². The summed E-state index contributed by atoms with van der Waals surface area (Å²) in [6, 6.07) is 5.44. The zero-order valence-corrected chi connectivity index (χ0v) is 15.9. The Morgan fingerprint density at radius 3 is 2.81 bits per heavy atom. The Morgan fingerprint density at radius 2 is 2.08 bits per heavy atom. The molecule has 9 heteroatoms. The van der Waals surface area contributed by atoms with Crippen molar-refractivity contribution in [2.75, 3.05) is 11.4 Å². The number of halogens is 1. The van der Waals surface area contributed by atoms with Crippen LogP contribution in [0.2, 0.25) is 0 Å². The lowest BCUT2D eigenvalue weighted by Gasteiger charge is -2.14. The van der Waals surface area contributed by atoms with Crippen LogP contribution in [0.3, 0.4) is 0 Å². The van der Waals surface area contributed by atoms with Gasteiger partial charge in [0.2, 0.25) is 4.96 Å². The highest BCUT2D eigenvalue weighted by molar-refractivity contribution is 9.10. The zero-order chi connectivity index (χ0) is 18.6. The van der Waals surface area contributed by atoms with E-state index >= 15 is 0 Å². The molecule has 0 N–H and O–H groups in total. The summed E-state index contributed by atoms with van der Waals surface area (Å²) in [5.41, 5.74) is 0.817. The van der Waals surface area contributed by atoms with E-state index in [9.17, 15) is 14.4 Å². The molecule has 1 aromatic carbocycles. The van der Waals surface area contributed by atoms with Crippen molar-refractivity contribution in [3.05, 3.63) is 71.8 Å². The SMILES string of the molecule is C=CCN1C(=O)C(=c2sc3nc(=O)c(C)nn3c2=O)c2cc(Br)ccc21. The van der Waals surface area contributed by atoms with Crippen molar-refractivity contribution in [1.82, 2.24) is 14.6 Å². The zero-order valence-electron chi connectivity index (χ0n) is 13.5. The van der Waals surface area contributed by atoms with Crippen LogP contribution < -0.4 is 20.6 Å². The number of hydrogen-bond donors (Lipinski definition) is 0. The number of aryl methyl sites for hydroxylation is 1. The third kappa shape index (κ3) is 2.35. The Labute approximate surface area is 159 Å². The maximum absolute atomic E-state index is 13.0. The van der Waals surface area contributed by atoms with Crippen LogP contribution in [-0.2, 0) is 4.79 Å².